The Balaban J connectivity index is 2.36. The normalized spacial score (nSPS) is 13.9. The van der Waals surface area contributed by atoms with Crippen molar-refractivity contribution in [3.63, 3.8) is 0 Å². The molecule has 0 heterocycles. The molecule has 2 aromatic rings. The Hall–Kier alpha value is -1.64. The highest BCUT2D eigenvalue weighted by Crippen LogP contribution is 2.32. The summed E-state index contributed by atoms with van der Waals surface area (Å²) in [7, 11) is 1.78. The van der Waals surface area contributed by atoms with Crippen LogP contribution in [0.15, 0.2) is 54.6 Å². The number of methoxy groups -OCH3 is 1. The van der Waals surface area contributed by atoms with Crippen molar-refractivity contribution < 1.29 is 4.74 Å². The van der Waals surface area contributed by atoms with Gasteiger partial charge in [0.2, 0.25) is 0 Å². The van der Waals surface area contributed by atoms with Gasteiger partial charge in [-0.3, -0.25) is 0 Å². The molecule has 21 heavy (non-hydrogen) atoms. The summed E-state index contributed by atoms with van der Waals surface area (Å²) in [6.07, 6.45) is 1.06. The van der Waals surface area contributed by atoms with E-state index in [-0.39, 0.29) is 12.1 Å². The van der Waals surface area contributed by atoms with Gasteiger partial charge in [0, 0.05) is 7.11 Å². The first-order valence-corrected chi connectivity index (χ1v) is 7.70. The van der Waals surface area contributed by atoms with E-state index in [9.17, 15) is 0 Å². The molecule has 2 nitrogen and oxygen atoms in total. The molecule has 2 atom stereocenters. The molecule has 0 saturated carbocycles. The molecule has 1 N–H and O–H groups in total. The molecule has 0 bridgehead atoms. The third kappa shape index (κ3) is 3.93. The molecule has 0 aliphatic carbocycles. The molecular formula is C19H25NO. The van der Waals surface area contributed by atoms with Gasteiger partial charge in [0.05, 0.1) is 6.04 Å². The van der Waals surface area contributed by atoms with Crippen molar-refractivity contribution >= 4 is 0 Å². The Morgan fingerprint density at radius 2 is 1.67 bits per heavy atom. The number of hydrogen-bond acceptors (Lipinski definition) is 2. The second kappa shape index (κ2) is 7.96. The zero-order valence-electron chi connectivity index (χ0n) is 13.2. The van der Waals surface area contributed by atoms with E-state index >= 15 is 0 Å². The summed E-state index contributed by atoms with van der Waals surface area (Å²) in [5.41, 5.74) is 3.85. The molecule has 2 heteroatoms. The summed E-state index contributed by atoms with van der Waals surface area (Å²) in [5.74, 6) is 0. The fraction of sp³-hybridized carbons (Fsp3) is 0.368. The second-order valence-corrected chi connectivity index (χ2v) is 5.20. The third-order valence-corrected chi connectivity index (χ3v) is 3.83. The van der Waals surface area contributed by atoms with Gasteiger partial charge in [-0.25, -0.2) is 0 Å². The van der Waals surface area contributed by atoms with Crippen LogP contribution >= 0.6 is 0 Å². The summed E-state index contributed by atoms with van der Waals surface area (Å²) in [5, 5.41) is 3.57. The van der Waals surface area contributed by atoms with Gasteiger partial charge in [0.25, 0.3) is 0 Å². The van der Waals surface area contributed by atoms with Gasteiger partial charge in [-0.15, -0.1) is 0 Å². The Morgan fingerprint density at radius 3 is 2.29 bits per heavy atom. The first-order valence-electron chi connectivity index (χ1n) is 7.70. The molecule has 0 saturated heterocycles. The fourth-order valence-corrected chi connectivity index (χ4v) is 2.73. The zero-order valence-corrected chi connectivity index (χ0v) is 13.2. The topological polar surface area (TPSA) is 21.3 Å². The quantitative estimate of drug-likeness (QED) is 0.818. The van der Waals surface area contributed by atoms with Crippen LogP contribution in [0.2, 0.25) is 0 Å². The predicted molar refractivity (Wildman–Crippen MR) is 88.4 cm³/mol. The van der Waals surface area contributed by atoms with Gasteiger partial charge in [-0.05, 0) is 29.7 Å². The average molecular weight is 283 g/mol. The van der Waals surface area contributed by atoms with Gasteiger partial charge in [0.15, 0.2) is 0 Å². The van der Waals surface area contributed by atoms with E-state index < -0.39 is 0 Å². The number of nitrogens with one attached hydrogen (secondary N) is 1. The summed E-state index contributed by atoms with van der Waals surface area (Å²) >= 11 is 0. The van der Waals surface area contributed by atoms with E-state index in [2.05, 4.69) is 67.7 Å². The Morgan fingerprint density at radius 1 is 0.952 bits per heavy atom. The van der Waals surface area contributed by atoms with Crippen molar-refractivity contribution in [1.82, 2.24) is 5.32 Å². The molecule has 2 unspecified atom stereocenters. The van der Waals surface area contributed by atoms with E-state index in [0.29, 0.717) is 0 Å². The van der Waals surface area contributed by atoms with E-state index in [1.165, 1.54) is 16.7 Å². The first-order chi connectivity index (χ1) is 10.3. The van der Waals surface area contributed by atoms with Crippen LogP contribution in [-0.4, -0.2) is 13.7 Å². The average Bonchev–Trinajstić information content (AvgIpc) is 2.56. The van der Waals surface area contributed by atoms with E-state index in [0.717, 1.165) is 13.0 Å². The number of benzene rings is 2. The highest BCUT2D eigenvalue weighted by molar-refractivity contribution is 5.30. The van der Waals surface area contributed by atoms with Crippen LogP contribution in [0.4, 0.5) is 0 Å². The van der Waals surface area contributed by atoms with E-state index in [1.807, 2.05) is 6.07 Å². The lowest BCUT2D eigenvalue weighted by Crippen LogP contribution is -2.28. The second-order valence-electron chi connectivity index (χ2n) is 5.20. The van der Waals surface area contributed by atoms with E-state index in [1.54, 1.807) is 7.11 Å². The van der Waals surface area contributed by atoms with Crippen LogP contribution in [0.3, 0.4) is 0 Å². The van der Waals surface area contributed by atoms with Crippen LogP contribution in [0.1, 0.15) is 42.7 Å². The zero-order chi connectivity index (χ0) is 15.1. The molecule has 0 aromatic heterocycles. The van der Waals surface area contributed by atoms with Gasteiger partial charge in [-0.1, -0.05) is 68.4 Å². The largest absolute Gasteiger partial charge is 0.375 e. The van der Waals surface area contributed by atoms with Gasteiger partial charge in [-0.2, -0.15) is 0 Å². The van der Waals surface area contributed by atoms with Crippen molar-refractivity contribution in [3.05, 3.63) is 71.3 Å². The maximum absolute atomic E-state index is 5.82. The number of aryl methyl sites for hydroxylation is 1. The van der Waals surface area contributed by atoms with Gasteiger partial charge in [0.1, 0.15) is 6.10 Å². The molecule has 0 fully saturated rings. The van der Waals surface area contributed by atoms with Crippen molar-refractivity contribution in [2.45, 2.75) is 32.4 Å². The smallest absolute Gasteiger partial charge is 0.102 e. The number of hydrogen-bond donors (Lipinski definition) is 1. The Kier molecular flexibility index (Phi) is 5.97. The molecule has 2 aromatic carbocycles. The minimum absolute atomic E-state index is 0.0123. The lowest BCUT2D eigenvalue weighted by Gasteiger charge is -2.28. The van der Waals surface area contributed by atoms with Crippen molar-refractivity contribution in [1.29, 1.82) is 0 Å². The van der Waals surface area contributed by atoms with Crippen molar-refractivity contribution in [2.75, 3.05) is 13.7 Å². The SMILES string of the molecule is CCNC(c1cccc(CC)c1)C(OC)c1ccccc1. The lowest BCUT2D eigenvalue weighted by molar-refractivity contribution is 0.0681. The monoisotopic (exact) mass is 283 g/mol. The fourth-order valence-electron chi connectivity index (χ4n) is 2.73. The molecule has 0 aliphatic rings. The Labute approximate surface area is 128 Å². The molecule has 0 radical (unpaired) electrons. The molecule has 112 valence electrons. The van der Waals surface area contributed by atoms with Crippen LogP contribution in [-0.2, 0) is 11.2 Å². The van der Waals surface area contributed by atoms with Gasteiger partial charge >= 0.3 is 0 Å². The van der Waals surface area contributed by atoms with Crippen molar-refractivity contribution in [2.24, 2.45) is 0 Å². The van der Waals surface area contributed by atoms with Crippen LogP contribution in [0.5, 0.6) is 0 Å². The standard InChI is InChI=1S/C19H25NO/c1-4-15-10-9-13-17(14-15)18(20-5-2)19(21-3)16-11-7-6-8-12-16/h6-14,18-20H,4-5H2,1-3H3. The highest BCUT2D eigenvalue weighted by atomic mass is 16.5. The predicted octanol–water partition coefficient (Wildman–Crippen LogP) is 4.29. The van der Waals surface area contributed by atoms with Gasteiger partial charge < -0.3 is 10.1 Å². The van der Waals surface area contributed by atoms with E-state index in [4.69, 9.17) is 4.74 Å². The third-order valence-electron chi connectivity index (χ3n) is 3.83. The minimum atomic E-state index is 0.0123. The first kappa shape index (κ1) is 15.7. The molecule has 0 spiro atoms. The summed E-state index contributed by atoms with van der Waals surface area (Å²) in [6, 6.07) is 19.4. The van der Waals surface area contributed by atoms with Crippen LogP contribution < -0.4 is 5.32 Å². The number of ether oxygens (including phenoxy) is 1. The summed E-state index contributed by atoms with van der Waals surface area (Å²) < 4.78 is 5.82. The van der Waals surface area contributed by atoms with Crippen molar-refractivity contribution in [3.8, 4) is 0 Å². The van der Waals surface area contributed by atoms with Crippen LogP contribution in [0.25, 0.3) is 0 Å². The highest BCUT2D eigenvalue weighted by Gasteiger charge is 2.23. The number of rotatable bonds is 7. The maximum Gasteiger partial charge on any atom is 0.102 e. The Bertz CT molecular complexity index is 538. The minimum Gasteiger partial charge on any atom is -0.375 e. The molecule has 0 aliphatic heterocycles. The lowest BCUT2D eigenvalue weighted by atomic mass is 9.94. The molecule has 0 amide bonds. The maximum atomic E-state index is 5.82. The summed E-state index contributed by atoms with van der Waals surface area (Å²) in [4.78, 5) is 0. The molecular weight excluding hydrogens is 258 g/mol. The summed E-state index contributed by atoms with van der Waals surface area (Å²) in [6.45, 7) is 5.23. The number of likely N-dealkylation sites (N-methyl/N-ethyl adjacent to an activating group) is 1. The molecule has 2 rings (SSSR count). The van der Waals surface area contributed by atoms with Crippen LogP contribution in [0, 0.1) is 0 Å².